The van der Waals surface area contributed by atoms with Crippen LogP contribution in [0.5, 0.6) is 5.75 Å². The van der Waals surface area contributed by atoms with E-state index in [2.05, 4.69) is 20.9 Å². The van der Waals surface area contributed by atoms with E-state index in [1.165, 1.54) is 14.0 Å². The van der Waals surface area contributed by atoms with Crippen LogP contribution in [0.3, 0.4) is 0 Å². The molecule has 0 unspecified atom stereocenters. The maximum Gasteiger partial charge on any atom is 0.355 e. The van der Waals surface area contributed by atoms with Crippen molar-refractivity contribution in [3.63, 3.8) is 0 Å². The Balaban J connectivity index is 2.13. The van der Waals surface area contributed by atoms with Crippen LogP contribution in [-0.2, 0) is 11.3 Å². The van der Waals surface area contributed by atoms with Gasteiger partial charge in [-0.25, -0.2) is 4.79 Å². The number of Topliss-reactive ketones (excluding diaryl/α,β-unsaturated/α-hetero) is 1. The van der Waals surface area contributed by atoms with Crippen LogP contribution in [0.2, 0.25) is 0 Å². The molecule has 0 aliphatic heterocycles. The molecule has 6 heteroatoms. The fourth-order valence-corrected chi connectivity index (χ4v) is 2.16. The fourth-order valence-electron chi connectivity index (χ4n) is 1.82. The number of methoxy groups -OCH3 is 1. The molecule has 21 heavy (non-hydrogen) atoms. The Hall–Kier alpha value is -2.08. The van der Waals surface area contributed by atoms with Gasteiger partial charge in [0, 0.05) is 21.8 Å². The van der Waals surface area contributed by atoms with Gasteiger partial charge in [-0.1, -0.05) is 0 Å². The van der Waals surface area contributed by atoms with Gasteiger partial charge in [-0.2, -0.15) is 0 Å². The number of carbonyl (C=O) groups is 2. The van der Waals surface area contributed by atoms with E-state index in [4.69, 9.17) is 9.47 Å². The molecule has 0 radical (unpaired) electrons. The van der Waals surface area contributed by atoms with Crippen molar-refractivity contribution in [3.8, 4) is 5.75 Å². The van der Waals surface area contributed by atoms with Crippen molar-refractivity contribution < 1.29 is 19.1 Å². The van der Waals surface area contributed by atoms with E-state index in [9.17, 15) is 9.59 Å². The van der Waals surface area contributed by atoms with Gasteiger partial charge < -0.3 is 14.5 Å². The number of rotatable bonds is 5. The van der Waals surface area contributed by atoms with Crippen molar-refractivity contribution in [3.05, 3.63) is 51.8 Å². The van der Waals surface area contributed by atoms with Crippen molar-refractivity contribution in [2.24, 2.45) is 0 Å². The molecule has 0 bridgehead atoms. The molecule has 110 valence electrons. The van der Waals surface area contributed by atoms with Crippen LogP contribution < -0.4 is 4.74 Å². The molecule has 0 saturated heterocycles. The van der Waals surface area contributed by atoms with E-state index in [1.807, 2.05) is 0 Å². The summed E-state index contributed by atoms with van der Waals surface area (Å²) in [5, 5.41) is 0. The number of H-pyrrole nitrogens is 1. The van der Waals surface area contributed by atoms with Crippen LogP contribution in [0.15, 0.2) is 34.9 Å². The minimum Gasteiger partial charge on any atom is -0.496 e. The quantitative estimate of drug-likeness (QED) is 0.662. The smallest absolute Gasteiger partial charge is 0.355 e. The van der Waals surface area contributed by atoms with Gasteiger partial charge >= 0.3 is 5.97 Å². The van der Waals surface area contributed by atoms with Gasteiger partial charge in [0.1, 0.15) is 18.1 Å². The summed E-state index contributed by atoms with van der Waals surface area (Å²) in [7, 11) is 1.52. The van der Waals surface area contributed by atoms with Crippen LogP contribution in [0, 0.1) is 0 Å². The second kappa shape index (κ2) is 6.58. The van der Waals surface area contributed by atoms with Crippen LogP contribution in [0.4, 0.5) is 0 Å². The Labute approximate surface area is 130 Å². The lowest BCUT2D eigenvalue weighted by atomic mass is 10.1. The summed E-state index contributed by atoms with van der Waals surface area (Å²) in [5.41, 5.74) is 1.54. The highest BCUT2D eigenvalue weighted by Crippen LogP contribution is 2.22. The SMILES string of the molecule is COc1ccc(C(C)=O)cc1COC(=O)c1cc(Br)c[nH]1. The summed E-state index contributed by atoms with van der Waals surface area (Å²) in [6.07, 6.45) is 1.65. The molecule has 1 N–H and O–H groups in total. The van der Waals surface area contributed by atoms with Crippen molar-refractivity contribution >= 4 is 27.7 Å². The molecule has 1 heterocycles. The first-order valence-corrected chi connectivity index (χ1v) is 6.99. The molecule has 0 aliphatic rings. The predicted molar refractivity (Wildman–Crippen MR) is 80.6 cm³/mol. The van der Waals surface area contributed by atoms with Gasteiger partial charge in [0.05, 0.1) is 7.11 Å². The predicted octanol–water partition coefficient (Wildman–Crippen LogP) is 3.35. The Morgan fingerprint density at radius 1 is 1.29 bits per heavy atom. The van der Waals surface area contributed by atoms with E-state index in [-0.39, 0.29) is 12.4 Å². The third-order valence-electron chi connectivity index (χ3n) is 2.91. The number of aromatic nitrogens is 1. The maximum atomic E-state index is 11.9. The van der Waals surface area contributed by atoms with Gasteiger partial charge in [0.25, 0.3) is 0 Å². The van der Waals surface area contributed by atoms with Crippen LogP contribution in [0.25, 0.3) is 0 Å². The van der Waals surface area contributed by atoms with Gasteiger partial charge in [-0.3, -0.25) is 4.79 Å². The number of esters is 1. The van der Waals surface area contributed by atoms with Gasteiger partial charge in [-0.05, 0) is 47.1 Å². The van der Waals surface area contributed by atoms with Gasteiger partial charge in [0.15, 0.2) is 5.78 Å². The summed E-state index contributed by atoms with van der Waals surface area (Å²) in [6.45, 7) is 1.51. The molecule has 0 fully saturated rings. The van der Waals surface area contributed by atoms with E-state index in [1.54, 1.807) is 30.5 Å². The van der Waals surface area contributed by atoms with Crippen molar-refractivity contribution in [2.75, 3.05) is 7.11 Å². The number of hydrogen-bond acceptors (Lipinski definition) is 4. The normalized spacial score (nSPS) is 10.2. The first-order chi connectivity index (χ1) is 10.0. The summed E-state index contributed by atoms with van der Waals surface area (Å²) in [4.78, 5) is 26.1. The fraction of sp³-hybridized carbons (Fsp3) is 0.200. The molecular weight excluding hydrogens is 338 g/mol. The minimum atomic E-state index is -0.476. The minimum absolute atomic E-state index is 0.0275. The first-order valence-electron chi connectivity index (χ1n) is 6.20. The van der Waals surface area contributed by atoms with E-state index >= 15 is 0 Å². The Morgan fingerprint density at radius 2 is 2.05 bits per heavy atom. The van der Waals surface area contributed by atoms with E-state index in [0.717, 1.165) is 4.47 Å². The summed E-state index contributed by atoms with van der Waals surface area (Å²) < 4.78 is 11.2. The topological polar surface area (TPSA) is 68.4 Å². The second-order valence-electron chi connectivity index (χ2n) is 4.39. The Morgan fingerprint density at radius 3 is 2.62 bits per heavy atom. The number of ketones is 1. The summed E-state index contributed by atoms with van der Waals surface area (Å²) in [6, 6.07) is 6.66. The third kappa shape index (κ3) is 3.72. The van der Waals surface area contributed by atoms with E-state index in [0.29, 0.717) is 22.6 Å². The number of hydrogen-bond donors (Lipinski definition) is 1. The lowest BCUT2D eigenvalue weighted by Gasteiger charge is -2.10. The highest BCUT2D eigenvalue weighted by Gasteiger charge is 2.13. The molecule has 0 spiro atoms. The summed E-state index contributed by atoms with van der Waals surface area (Å²) >= 11 is 3.25. The van der Waals surface area contributed by atoms with Gasteiger partial charge in [-0.15, -0.1) is 0 Å². The standard InChI is InChI=1S/C15H14BrNO4/c1-9(18)10-3-4-14(20-2)11(5-10)8-21-15(19)13-6-12(16)7-17-13/h3-7,17H,8H2,1-2H3. The number of halogens is 1. The number of ether oxygens (including phenoxy) is 2. The molecule has 2 rings (SSSR count). The van der Waals surface area contributed by atoms with Crippen molar-refractivity contribution in [2.45, 2.75) is 13.5 Å². The molecule has 1 aromatic carbocycles. The largest absolute Gasteiger partial charge is 0.496 e. The molecule has 0 amide bonds. The average molecular weight is 352 g/mol. The first kappa shape index (κ1) is 15.3. The molecule has 1 aromatic heterocycles. The molecule has 5 nitrogen and oxygen atoms in total. The zero-order chi connectivity index (χ0) is 15.4. The number of benzene rings is 1. The number of nitrogens with one attached hydrogen (secondary N) is 1. The third-order valence-corrected chi connectivity index (χ3v) is 3.37. The number of carbonyl (C=O) groups excluding carboxylic acids is 2. The van der Waals surface area contributed by atoms with Crippen LogP contribution >= 0.6 is 15.9 Å². The molecule has 0 saturated carbocycles. The van der Waals surface area contributed by atoms with E-state index < -0.39 is 5.97 Å². The van der Waals surface area contributed by atoms with Crippen LogP contribution in [-0.4, -0.2) is 23.8 Å². The zero-order valence-corrected chi connectivity index (χ0v) is 13.2. The average Bonchev–Trinajstić information content (AvgIpc) is 2.91. The number of aromatic amines is 1. The van der Waals surface area contributed by atoms with Crippen LogP contribution in [0.1, 0.15) is 33.3 Å². The monoisotopic (exact) mass is 351 g/mol. The second-order valence-corrected chi connectivity index (χ2v) is 5.31. The molecule has 0 aliphatic carbocycles. The van der Waals surface area contributed by atoms with Crippen molar-refractivity contribution in [1.82, 2.24) is 4.98 Å². The highest BCUT2D eigenvalue weighted by atomic mass is 79.9. The highest BCUT2D eigenvalue weighted by molar-refractivity contribution is 9.10. The molecular formula is C15H14BrNO4. The Bertz CT molecular complexity index is 678. The summed E-state index contributed by atoms with van der Waals surface area (Å²) in [5.74, 6) is 0.0370. The molecule has 2 aromatic rings. The maximum absolute atomic E-state index is 11.9. The lowest BCUT2D eigenvalue weighted by molar-refractivity contribution is 0.0464. The Kier molecular flexibility index (Phi) is 4.80. The molecule has 0 atom stereocenters. The van der Waals surface area contributed by atoms with Crippen molar-refractivity contribution in [1.29, 1.82) is 0 Å². The van der Waals surface area contributed by atoms with Gasteiger partial charge in [0.2, 0.25) is 0 Å². The lowest BCUT2D eigenvalue weighted by Crippen LogP contribution is -2.07. The zero-order valence-electron chi connectivity index (χ0n) is 11.6.